The quantitative estimate of drug-likeness (QED) is 0.629. The maximum Gasteiger partial charge on any atom is 0.123 e. The smallest absolute Gasteiger partial charge is 0.123 e. The van der Waals surface area contributed by atoms with Crippen molar-refractivity contribution >= 4 is 28.3 Å². The summed E-state index contributed by atoms with van der Waals surface area (Å²) in [4.78, 5) is 3.72. The molecule has 0 aliphatic heterocycles. The second-order valence-electron chi connectivity index (χ2n) is 2.36. The van der Waals surface area contributed by atoms with E-state index in [2.05, 4.69) is 27.6 Å². The van der Waals surface area contributed by atoms with Crippen LogP contribution < -0.4 is 5.73 Å². The van der Waals surface area contributed by atoms with Crippen molar-refractivity contribution < 1.29 is 4.39 Å². The fourth-order valence-corrected chi connectivity index (χ4v) is 1.27. The monoisotopic (exact) mass is 242 g/mol. The molecule has 2 nitrogen and oxygen atoms in total. The Hall–Kier alpha value is -1.16. The van der Waals surface area contributed by atoms with Crippen LogP contribution in [0.5, 0.6) is 0 Å². The molecule has 0 saturated carbocycles. The number of hydrogen-bond donors (Lipinski definition) is 1. The summed E-state index contributed by atoms with van der Waals surface area (Å²) < 4.78 is 12.9. The topological polar surface area (TPSA) is 38.4 Å². The van der Waals surface area contributed by atoms with Gasteiger partial charge in [-0.15, -0.1) is 0 Å². The predicted molar refractivity (Wildman–Crippen MR) is 56.0 cm³/mol. The summed E-state index contributed by atoms with van der Waals surface area (Å²) in [5.74, 6) is -0.291. The minimum Gasteiger partial charge on any atom is -0.391 e. The van der Waals surface area contributed by atoms with E-state index in [0.717, 1.165) is 5.56 Å². The summed E-state index contributed by atoms with van der Waals surface area (Å²) in [7, 11) is 0. The summed E-state index contributed by atoms with van der Waals surface area (Å²) >= 11 is 3.09. The van der Waals surface area contributed by atoms with Crippen molar-refractivity contribution in [3.05, 3.63) is 40.3 Å². The molecule has 0 heterocycles. The highest BCUT2D eigenvalue weighted by molar-refractivity contribution is 9.11. The molecule has 0 aliphatic carbocycles. The Morgan fingerprint density at radius 2 is 1.92 bits per heavy atom. The molecule has 68 valence electrons. The van der Waals surface area contributed by atoms with Gasteiger partial charge in [-0.25, -0.2) is 4.39 Å². The summed E-state index contributed by atoms with van der Waals surface area (Å²) in [6.45, 7) is 3.37. The van der Waals surface area contributed by atoms with Crippen molar-refractivity contribution in [1.29, 1.82) is 0 Å². The maximum atomic E-state index is 12.5. The lowest BCUT2D eigenvalue weighted by Crippen LogP contribution is -1.93. The normalized spacial score (nSPS) is 12.2. The first kappa shape index (κ1) is 9.92. The summed E-state index contributed by atoms with van der Waals surface area (Å²) in [5, 5.41) is 0. The molecule has 0 aliphatic rings. The third-order valence-electron chi connectivity index (χ3n) is 1.50. The predicted octanol–water partition coefficient (Wildman–Crippen LogP) is 2.51. The van der Waals surface area contributed by atoms with Crippen LogP contribution in [-0.4, -0.2) is 6.72 Å². The Balaban J connectivity index is 3.15. The molecule has 4 heteroatoms. The third kappa shape index (κ3) is 2.39. The Labute approximate surface area is 84.1 Å². The lowest BCUT2D eigenvalue weighted by molar-refractivity contribution is 0.627. The van der Waals surface area contributed by atoms with E-state index in [-0.39, 0.29) is 5.82 Å². The van der Waals surface area contributed by atoms with Gasteiger partial charge in [-0.2, -0.15) is 0 Å². The number of rotatable bonds is 2. The summed E-state index contributed by atoms with van der Waals surface area (Å²) in [6.07, 6.45) is 0. The minimum absolute atomic E-state index is 0.291. The molecule has 13 heavy (non-hydrogen) atoms. The first-order valence-corrected chi connectivity index (χ1v) is 4.32. The number of hydrogen-bond acceptors (Lipinski definition) is 2. The highest BCUT2D eigenvalue weighted by Gasteiger charge is 2.02. The van der Waals surface area contributed by atoms with Gasteiger partial charge in [0.1, 0.15) is 10.4 Å². The fourth-order valence-electron chi connectivity index (χ4n) is 0.912. The van der Waals surface area contributed by atoms with Gasteiger partial charge in [-0.1, -0.05) is 0 Å². The highest BCUT2D eigenvalue weighted by atomic mass is 79.9. The number of benzene rings is 1. The molecule has 0 radical (unpaired) electrons. The SMILES string of the molecule is C=N/C(=C(\N)Br)c1ccc(F)cc1. The molecule has 1 rings (SSSR count). The molecule has 1 aromatic carbocycles. The minimum atomic E-state index is -0.291. The van der Waals surface area contributed by atoms with E-state index in [1.807, 2.05) is 0 Å². The van der Waals surface area contributed by atoms with Crippen LogP contribution in [0.2, 0.25) is 0 Å². The van der Waals surface area contributed by atoms with Gasteiger partial charge in [0.25, 0.3) is 0 Å². The van der Waals surface area contributed by atoms with E-state index in [1.54, 1.807) is 12.1 Å². The molecule has 0 aromatic heterocycles. The summed E-state index contributed by atoms with van der Waals surface area (Å²) in [5.41, 5.74) is 6.73. The number of nitrogens with zero attached hydrogens (tertiary/aromatic N) is 1. The maximum absolute atomic E-state index is 12.5. The Morgan fingerprint density at radius 3 is 2.31 bits per heavy atom. The molecule has 0 bridgehead atoms. The number of halogens is 2. The molecule has 0 spiro atoms. The number of nitrogens with two attached hydrogens (primary N) is 1. The van der Waals surface area contributed by atoms with Gasteiger partial charge in [0, 0.05) is 5.56 Å². The van der Waals surface area contributed by atoms with Crippen LogP contribution >= 0.6 is 15.9 Å². The van der Waals surface area contributed by atoms with Gasteiger partial charge in [0.2, 0.25) is 0 Å². The molecule has 0 saturated heterocycles. The van der Waals surface area contributed by atoms with Gasteiger partial charge < -0.3 is 5.73 Å². The van der Waals surface area contributed by atoms with Gasteiger partial charge in [-0.05, 0) is 46.9 Å². The summed E-state index contributed by atoms with van der Waals surface area (Å²) in [6, 6.07) is 5.87. The largest absolute Gasteiger partial charge is 0.391 e. The van der Waals surface area contributed by atoms with Crippen molar-refractivity contribution in [2.45, 2.75) is 0 Å². The van der Waals surface area contributed by atoms with E-state index < -0.39 is 0 Å². The Morgan fingerprint density at radius 1 is 1.38 bits per heavy atom. The average molecular weight is 243 g/mol. The van der Waals surface area contributed by atoms with Crippen molar-refractivity contribution in [1.82, 2.24) is 0 Å². The van der Waals surface area contributed by atoms with Gasteiger partial charge in [-0.3, -0.25) is 4.99 Å². The zero-order valence-corrected chi connectivity index (χ0v) is 8.38. The zero-order chi connectivity index (χ0) is 9.84. The van der Waals surface area contributed by atoms with E-state index in [4.69, 9.17) is 5.73 Å². The molecule has 0 atom stereocenters. The zero-order valence-electron chi connectivity index (χ0n) is 6.80. The lowest BCUT2D eigenvalue weighted by atomic mass is 10.2. The molecule has 0 fully saturated rings. The van der Waals surface area contributed by atoms with E-state index >= 15 is 0 Å². The molecule has 0 amide bonds. The molecule has 1 aromatic rings. The van der Waals surface area contributed by atoms with E-state index in [0.29, 0.717) is 10.3 Å². The lowest BCUT2D eigenvalue weighted by Gasteiger charge is -2.01. The molecular weight excluding hydrogens is 235 g/mol. The van der Waals surface area contributed by atoms with E-state index in [1.165, 1.54) is 12.1 Å². The van der Waals surface area contributed by atoms with Crippen LogP contribution in [0.1, 0.15) is 5.56 Å². The highest BCUT2D eigenvalue weighted by Crippen LogP contribution is 2.20. The van der Waals surface area contributed by atoms with Crippen LogP contribution in [0.4, 0.5) is 4.39 Å². The van der Waals surface area contributed by atoms with Gasteiger partial charge in [0.05, 0.1) is 5.70 Å². The third-order valence-corrected chi connectivity index (χ3v) is 1.88. The first-order chi connectivity index (χ1) is 6.15. The Kier molecular flexibility index (Phi) is 3.19. The first-order valence-electron chi connectivity index (χ1n) is 3.53. The van der Waals surface area contributed by atoms with Crippen LogP contribution in [-0.2, 0) is 0 Å². The second-order valence-corrected chi connectivity index (χ2v) is 3.22. The van der Waals surface area contributed by atoms with Crippen molar-refractivity contribution in [3.8, 4) is 0 Å². The van der Waals surface area contributed by atoms with Gasteiger partial charge >= 0.3 is 0 Å². The average Bonchev–Trinajstić information content (AvgIpc) is 2.09. The van der Waals surface area contributed by atoms with Crippen molar-refractivity contribution in [3.63, 3.8) is 0 Å². The van der Waals surface area contributed by atoms with Crippen LogP contribution in [0, 0.1) is 5.82 Å². The van der Waals surface area contributed by atoms with Gasteiger partial charge in [0.15, 0.2) is 0 Å². The second kappa shape index (κ2) is 4.18. The van der Waals surface area contributed by atoms with Crippen molar-refractivity contribution in [2.24, 2.45) is 10.7 Å². The van der Waals surface area contributed by atoms with Crippen molar-refractivity contribution in [2.75, 3.05) is 0 Å². The standard InChI is InChI=1S/C9H8BrFN2/c1-13-8(9(10)12)6-2-4-7(11)5-3-6/h2-5H,1,12H2/b9-8-. The van der Waals surface area contributed by atoms with Crippen LogP contribution in [0.25, 0.3) is 5.70 Å². The molecular formula is C9H8BrFN2. The van der Waals surface area contributed by atoms with E-state index in [9.17, 15) is 4.39 Å². The van der Waals surface area contributed by atoms with Crippen LogP contribution in [0.3, 0.4) is 0 Å². The fraction of sp³-hybridized carbons (Fsp3) is 0. The molecule has 0 unspecified atom stereocenters. The number of aliphatic imine (C=N–C) groups is 1. The molecule has 2 N–H and O–H groups in total. The Bertz CT molecular complexity index is 339. The van der Waals surface area contributed by atoms with Crippen LogP contribution in [0.15, 0.2) is 33.9 Å².